The zero-order chi connectivity index (χ0) is 18.7. The highest BCUT2D eigenvalue weighted by molar-refractivity contribution is 7.16. The lowest BCUT2D eigenvalue weighted by Gasteiger charge is -2.15. The van der Waals surface area contributed by atoms with Gasteiger partial charge in [-0.25, -0.2) is 4.79 Å². The maximum absolute atomic E-state index is 12.2. The molecule has 1 N–H and O–H groups in total. The summed E-state index contributed by atoms with van der Waals surface area (Å²) in [5.41, 5.74) is 1.04. The van der Waals surface area contributed by atoms with Crippen LogP contribution >= 0.6 is 22.9 Å². The summed E-state index contributed by atoms with van der Waals surface area (Å²) in [6.45, 7) is 0.0904. The highest BCUT2D eigenvalue weighted by Gasteiger charge is 2.16. The van der Waals surface area contributed by atoms with Crippen LogP contribution in [0.3, 0.4) is 0 Å². The molecule has 0 aliphatic rings. The van der Waals surface area contributed by atoms with Gasteiger partial charge in [-0.1, -0.05) is 11.6 Å². The summed E-state index contributed by atoms with van der Waals surface area (Å²) in [5.74, 6) is -0.188. The van der Waals surface area contributed by atoms with Crippen molar-refractivity contribution in [3.63, 3.8) is 0 Å². The number of fused-ring (bicyclic) bond motifs is 1. The lowest BCUT2D eigenvalue weighted by atomic mass is 10.2. The third-order valence-corrected chi connectivity index (χ3v) is 5.04. The molecular formula is C18H17ClN2O4S. The largest absolute Gasteiger partial charge is 0.497 e. The molecule has 136 valence electrons. The number of methoxy groups -OCH3 is 1. The SMILES string of the molecule is COc1ccc2cc(C(=O)OCC(=O)N(C)Cc3ccc(Cl)s3)[nH]c2c1. The fourth-order valence-electron chi connectivity index (χ4n) is 2.42. The van der Waals surface area contributed by atoms with Crippen LogP contribution in [-0.2, 0) is 16.1 Å². The summed E-state index contributed by atoms with van der Waals surface area (Å²) in [7, 11) is 3.23. The van der Waals surface area contributed by atoms with Gasteiger partial charge in [-0.2, -0.15) is 0 Å². The summed E-state index contributed by atoms with van der Waals surface area (Å²) in [6, 6.07) is 10.8. The molecule has 26 heavy (non-hydrogen) atoms. The number of hydrogen-bond acceptors (Lipinski definition) is 5. The topological polar surface area (TPSA) is 71.6 Å². The molecule has 1 amide bonds. The van der Waals surface area contributed by atoms with Crippen LogP contribution in [0, 0.1) is 0 Å². The van der Waals surface area contributed by atoms with Gasteiger partial charge >= 0.3 is 5.97 Å². The van der Waals surface area contributed by atoms with E-state index in [4.69, 9.17) is 21.1 Å². The van der Waals surface area contributed by atoms with E-state index in [0.29, 0.717) is 16.6 Å². The molecule has 2 heterocycles. The Labute approximate surface area is 159 Å². The van der Waals surface area contributed by atoms with Crippen LogP contribution in [-0.4, -0.2) is 42.5 Å². The molecule has 0 aliphatic carbocycles. The summed E-state index contributed by atoms with van der Waals surface area (Å²) in [6.07, 6.45) is 0. The first-order chi connectivity index (χ1) is 12.5. The third kappa shape index (κ3) is 4.17. The fraction of sp³-hybridized carbons (Fsp3) is 0.222. The number of carbonyl (C=O) groups is 2. The van der Waals surface area contributed by atoms with E-state index in [0.717, 1.165) is 15.8 Å². The maximum Gasteiger partial charge on any atom is 0.355 e. The molecule has 0 atom stereocenters. The fourth-order valence-corrected chi connectivity index (χ4v) is 3.56. The van der Waals surface area contributed by atoms with Gasteiger partial charge in [-0.15, -0.1) is 11.3 Å². The second kappa shape index (κ2) is 7.80. The lowest BCUT2D eigenvalue weighted by Crippen LogP contribution is -2.30. The first kappa shape index (κ1) is 18.3. The second-order valence-corrected chi connectivity index (χ2v) is 7.47. The number of aromatic nitrogens is 1. The van der Waals surface area contributed by atoms with Gasteiger partial charge in [0.05, 0.1) is 18.0 Å². The molecule has 0 radical (unpaired) electrons. The monoisotopic (exact) mass is 392 g/mol. The maximum atomic E-state index is 12.2. The molecule has 0 spiro atoms. The average Bonchev–Trinajstić information content (AvgIpc) is 3.24. The van der Waals surface area contributed by atoms with Crippen LogP contribution in [0.15, 0.2) is 36.4 Å². The number of H-pyrrole nitrogens is 1. The third-order valence-electron chi connectivity index (χ3n) is 3.82. The number of likely N-dealkylation sites (N-methyl/N-ethyl adjacent to an activating group) is 1. The van der Waals surface area contributed by atoms with Crippen molar-refractivity contribution < 1.29 is 19.1 Å². The summed E-state index contributed by atoms with van der Waals surface area (Å²) in [4.78, 5) is 29.8. The quantitative estimate of drug-likeness (QED) is 0.649. The number of aromatic amines is 1. The van der Waals surface area contributed by atoms with E-state index in [1.54, 1.807) is 38.4 Å². The van der Waals surface area contributed by atoms with Gasteiger partial charge in [-0.05, 0) is 30.3 Å². The summed E-state index contributed by atoms with van der Waals surface area (Å²) < 4.78 is 10.9. The Hall–Kier alpha value is -2.51. The van der Waals surface area contributed by atoms with E-state index in [1.165, 1.54) is 16.2 Å². The Kier molecular flexibility index (Phi) is 5.49. The molecule has 0 unspecified atom stereocenters. The minimum Gasteiger partial charge on any atom is -0.497 e. The van der Waals surface area contributed by atoms with Gasteiger partial charge in [0.15, 0.2) is 6.61 Å². The zero-order valence-corrected chi connectivity index (χ0v) is 15.8. The summed E-state index contributed by atoms with van der Waals surface area (Å²) >= 11 is 7.29. The number of benzene rings is 1. The van der Waals surface area contributed by atoms with Crippen molar-refractivity contribution in [1.82, 2.24) is 9.88 Å². The molecule has 8 heteroatoms. The van der Waals surface area contributed by atoms with Crippen molar-refractivity contribution >= 4 is 45.7 Å². The van der Waals surface area contributed by atoms with Gasteiger partial charge in [0.2, 0.25) is 0 Å². The lowest BCUT2D eigenvalue weighted by molar-refractivity contribution is -0.133. The van der Waals surface area contributed by atoms with Gasteiger partial charge in [-0.3, -0.25) is 4.79 Å². The normalized spacial score (nSPS) is 10.7. The number of ether oxygens (including phenoxy) is 2. The van der Waals surface area contributed by atoms with E-state index < -0.39 is 5.97 Å². The number of rotatable bonds is 6. The van der Waals surface area contributed by atoms with Crippen LogP contribution in [0.4, 0.5) is 0 Å². The van der Waals surface area contributed by atoms with E-state index in [1.807, 2.05) is 12.1 Å². The van der Waals surface area contributed by atoms with Crippen LogP contribution in [0.25, 0.3) is 10.9 Å². The van der Waals surface area contributed by atoms with E-state index in [2.05, 4.69) is 4.98 Å². The molecular weight excluding hydrogens is 376 g/mol. The molecule has 0 fully saturated rings. The Bertz CT molecular complexity index is 950. The molecule has 1 aromatic carbocycles. The molecule has 0 aliphatic heterocycles. The second-order valence-electron chi connectivity index (χ2n) is 5.67. The predicted molar refractivity (Wildman–Crippen MR) is 101 cm³/mol. The first-order valence-corrected chi connectivity index (χ1v) is 8.98. The molecule has 3 aromatic rings. The van der Waals surface area contributed by atoms with Crippen molar-refractivity contribution in [1.29, 1.82) is 0 Å². The molecule has 0 saturated heterocycles. The number of nitrogens with zero attached hydrogens (tertiary/aromatic N) is 1. The van der Waals surface area contributed by atoms with Crippen molar-refractivity contribution in [3.05, 3.63) is 51.3 Å². The Morgan fingerprint density at radius 2 is 2.04 bits per heavy atom. The Morgan fingerprint density at radius 3 is 2.73 bits per heavy atom. The minimum absolute atomic E-state index is 0.286. The number of nitrogens with one attached hydrogen (secondary N) is 1. The number of esters is 1. The predicted octanol–water partition coefficient (Wildman–Crippen LogP) is 3.71. The molecule has 6 nitrogen and oxygen atoms in total. The Morgan fingerprint density at radius 1 is 1.23 bits per heavy atom. The number of thiophene rings is 1. The average molecular weight is 393 g/mol. The first-order valence-electron chi connectivity index (χ1n) is 7.78. The number of carbonyl (C=O) groups excluding carboxylic acids is 2. The highest BCUT2D eigenvalue weighted by atomic mass is 35.5. The van der Waals surface area contributed by atoms with E-state index >= 15 is 0 Å². The molecule has 0 saturated carbocycles. The highest BCUT2D eigenvalue weighted by Crippen LogP contribution is 2.23. The van der Waals surface area contributed by atoms with Gasteiger partial charge in [0.1, 0.15) is 11.4 Å². The number of halogens is 1. The van der Waals surface area contributed by atoms with Crippen LogP contribution < -0.4 is 4.74 Å². The van der Waals surface area contributed by atoms with E-state index in [-0.39, 0.29) is 18.2 Å². The van der Waals surface area contributed by atoms with Crippen LogP contribution in [0.2, 0.25) is 4.34 Å². The summed E-state index contributed by atoms with van der Waals surface area (Å²) in [5, 5.41) is 0.857. The van der Waals surface area contributed by atoms with Crippen LogP contribution in [0.5, 0.6) is 5.75 Å². The van der Waals surface area contributed by atoms with Crippen molar-refractivity contribution in [2.24, 2.45) is 0 Å². The molecule has 0 bridgehead atoms. The van der Waals surface area contributed by atoms with Crippen molar-refractivity contribution in [2.75, 3.05) is 20.8 Å². The van der Waals surface area contributed by atoms with Gasteiger partial charge in [0, 0.05) is 28.9 Å². The minimum atomic E-state index is -0.582. The number of hydrogen-bond donors (Lipinski definition) is 1. The molecule has 2 aromatic heterocycles. The van der Waals surface area contributed by atoms with E-state index in [9.17, 15) is 9.59 Å². The van der Waals surface area contributed by atoms with Crippen LogP contribution in [0.1, 0.15) is 15.4 Å². The van der Waals surface area contributed by atoms with Gasteiger partial charge in [0.25, 0.3) is 5.91 Å². The zero-order valence-electron chi connectivity index (χ0n) is 14.2. The standard InChI is InChI=1S/C18H17ClN2O4S/c1-21(9-13-5-6-16(19)26-13)17(22)10-25-18(23)15-7-11-3-4-12(24-2)8-14(11)20-15/h3-8,20H,9-10H2,1-2H3. The number of amides is 1. The Balaban J connectivity index is 1.58. The van der Waals surface area contributed by atoms with Crippen molar-refractivity contribution in [2.45, 2.75) is 6.54 Å². The smallest absolute Gasteiger partial charge is 0.355 e. The molecule has 3 rings (SSSR count). The van der Waals surface area contributed by atoms with Crippen molar-refractivity contribution in [3.8, 4) is 5.75 Å². The van der Waals surface area contributed by atoms with Gasteiger partial charge < -0.3 is 19.4 Å².